The lowest BCUT2D eigenvalue weighted by Crippen LogP contribution is -2.40. The number of rotatable bonds is 10. The van der Waals surface area contributed by atoms with E-state index in [9.17, 15) is 9.59 Å². The van der Waals surface area contributed by atoms with Crippen molar-refractivity contribution in [2.24, 2.45) is 4.99 Å². The Labute approximate surface area is 244 Å². The molecule has 0 N–H and O–H groups in total. The lowest BCUT2D eigenvalue weighted by atomic mass is 9.93. The van der Waals surface area contributed by atoms with Crippen molar-refractivity contribution in [2.75, 3.05) is 35.0 Å². The van der Waals surface area contributed by atoms with E-state index in [1.54, 1.807) is 64.2 Å². The van der Waals surface area contributed by atoms with Crippen LogP contribution in [0.1, 0.15) is 43.9 Å². The number of carbonyl (C=O) groups is 1. The van der Waals surface area contributed by atoms with Crippen molar-refractivity contribution in [2.45, 2.75) is 32.7 Å². The first kappa shape index (κ1) is 29.4. The number of esters is 1. The van der Waals surface area contributed by atoms with Crippen LogP contribution in [0.15, 0.2) is 55.9 Å². The molecule has 40 heavy (non-hydrogen) atoms. The summed E-state index contributed by atoms with van der Waals surface area (Å²) in [4.78, 5) is 32.8. The quantitative estimate of drug-likeness (QED) is 0.307. The van der Waals surface area contributed by atoms with E-state index in [1.807, 2.05) is 19.1 Å². The molecule has 1 aromatic heterocycles. The molecule has 1 aliphatic heterocycles. The zero-order valence-electron chi connectivity index (χ0n) is 23.2. The molecule has 0 fully saturated rings. The molecule has 0 amide bonds. The van der Waals surface area contributed by atoms with Crippen LogP contribution >= 0.6 is 27.3 Å². The molecule has 11 heteroatoms. The molecule has 9 nitrogen and oxygen atoms in total. The molecule has 0 saturated heterocycles. The first-order valence-corrected chi connectivity index (χ1v) is 14.3. The second-order valence-electron chi connectivity index (χ2n) is 8.75. The number of aromatic nitrogens is 1. The zero-order valence-corrected chi connectivity index (χ0v) is 25.6. The van der Waals surface area contributed by atoms with Gasteiger partial charge in [-0.3, -0.25) is 9.36 Å². The summed E-state index contributed by atoms with van der Waals surface area (Å²) < 4.78 is 30.3. The van der Waals surface area contributed by atoms with Gasteiger partial charge in [-0.05, 0) is 43.7 Å². The van der Waals surface area contributed by atoms with Crippen LogP contribution in [-0.4, -0.2) is 45.6 Å². The fourth-order valence-electron chi connectivity index (χ4n) is 4.64. The number of thiazole rings is 1. The molecule has 1 atom stereocenters. The van der Waals surface area contributed by atoms with Crippen LogP contribution in [0.3, 0.4) is 0 Å². The number of halogens is 1. The predicted molar refractivity (Wildman–Crippen MR) is 156 cm³/mol. The van der Waals surface area contributed by atoms with E-state index < -0.39 is 12.0 Å². The van der Waals surface area contributed by atoms with Gasteiger partial charge < -0.3 is 23.7 Å². The number of benzene rings is 2. The summed E-state index contributed by atoms with van der Waals surface area (Å²) in [5.41, 5.74) is 1.86. The van der Waals surface area contributed by atoms with E-state index in [4.69, 9.17) is 28.7 Å². The topological polar surface area (TPSA) is 97.6 Å². The third-order valence-corrected chi connectivity index (χ3v) is 7.88. The van der Waals surface area contributed by atoms with E-state index in [-0.39, 0.29) is 12.2 Å². The summed E-state index contributed by atoms with van der Waals surface area (Å²) >= 11 is 4.77. The van der Waals surface area contributed by atoms with Gasteiger partial charge in [0.25, 0.3) is 5.56 Å². The highest BCUT2D eigenvalue weighted by Crippen LogP contribution is 2.39. The fourth-order valence-corrected chi connectivity index (χ4v) is 6.03. The van der Waals surface area contributed by atoms with Crippen molar-refractivity contribution in [1.82, 2.24) is 4.57 Å². The largest absolute Gasteiger partial charge is 0.496 e. The number of nitrogens with zero attached hydrogens (tertiary/aromatic N) is 2. The molecule has 4 rings (SSSR count). The maximum absolute atomic E-state index is 14.1. The minimum Gasteiger partial charge on any atom is -0.496 e. The molecule has 0 bridgehead atoms. The summed E-state index contributed by atoms with van der Waals surface area (Å²) in [5.74, 6) is 1.52. The summed E-state index contributed by atoms with van der Waals surface area (Å²) in [7, 11) is 6.18. The monoisotopic (exact) mass is 630 g/mol. The Morgan fingerprint density at radius 2 is 1.68 bits per heavy atom. The standard InChI is InChI=1S/C29H31BrN2O7S/c1-7-9-19-25(28(34)39-8-2)26(18-14-17(30)10-11-20(18)35-3)32-27(33)24(40-29(32)31-19)13-16-12-22(37-5)23(38-6)15-21(16)36-4/h10-15,26H,7-9H2,1-6H3/b24-13+/t26-/m0/s1. The fraction of sp³-hybridized carbons (Fsp3) is 0.345. The first-order chi connectivity index (χ1) is 19.3. The maximum atomic E-state index is 14.1. The molecule has 2 heterocycles. The number of ether oxygens (including phenoxy) is 5. The number of carbonyl (C=O) groups excluding carboxylic acids is 1. The van der Waals surface area contributed by atoms with Crippen LogP contribution in [0.25, 0.3) is 6.08 Å². The predicted octanol–water partition coefficient (Wildman–Crippen LogP) is 4.38. The minimum absolute atomic E-state index is 0.188. The van der Waals surface area contributed by atoms with Gasteiger partial charge in [0.1, 0.15) is 17.5 Å². The van der Waals surface area contributed by atoms with Gasteiger partial charge in [0.2, 0.25) is 0 Å². The molecule has 212 valence electrons. The van der Waals surface area contributed by atoms with Crippen LogP contribution in [-0.2, 0) is 9.53 Å². The van der Waals surface area contributed by atoms with Crippen LogP contribution in [0.5, 0.6) is 23.0 Å². The summed E-state index contributed by atoms with van der Waals surface area (Å²) in [6, 6.07) is 8.14. The van der Waals surface area contributed by atoms with Crippen LogP contribution in [0.2, 0.25) is 0 Å². The summed E-state index contributed by atoms with van der Waals surface area (Å²) in [6.45, 7) is 3.95. The molecule has 0 unspecified atom stereocenters. The molecule has 3 aromatic rings. The van der Waals surface area contributed by atoms with E-state index >= 15 is 0 Å². The highest BCUT2D eigenvalue weighted by Gasteiger charge is 2.36. The molecule has 0 spiro atoms. The first-order valence-electron chi connectivity index (χ1n) is 12.7. The number of hydrogen-bond acceptors (Lipinski definition) is 9. The van der Waals surface area contributed by atoms with E-state index in [0.717, 1.165) is 10.9 Å². The summed E-state index contributed by atoms with van der Waals surface area (Å²) in [6.07, 6.45) is 3.02. The smallest absolute Gasteiger partial charge is 0.338 e. The number of methoxy groups -OCH3 is 4. The highest BCUT2D eigenvalue weighted by atomic mass is 79.9. The van der Waals surface area contributed by atoms with E-state index in [2.05, 4.69) is 15.9 Å². The van der Waals surface area contributed by atoms with Crippen molar-refractivity contribution >= 4 is 39.3 Å². The average Bonchev–Trinajstić information content (AvgIpc) is 3.26. The average molecular weight is 632 g/mol. The second kappa shape index (κ2) is 12.7. The molecular weight excluding hydrogens is 600 g/mol. The molecule has 0 radical (unpaired) electrons. The Kier molecular flexibility index (Phi) is 9.36. The van der Waals surface area contributed by atoms with Crippen LogP contribution in [0.4, 0.5) is 0 Å². The summed E-state index contributed by atoms with van der Waals surface area (Å²) in [5, 5.41) is 0. The number of allylic oxidation sites excluding steroid dienone is 1. The second-order valence-corrected chi connectivity index (χ2v) is 10.7. The van der Waals surface area contributed by atoms with Crippen LogP contribution < -0.4 is 33.8 Å². The van der Waals surface area contributed by atoms with Gasteiger partial charge in [0.15, 0.2) is 16.3 Å². The number of hydrogen-bond donors (Lipinski definition) is 0. The van der Waals surface area contributed by atoms with E-state index in [1.165, 1.54) is 11.3 Å². The third kappa shape index (κ3) is 5.53. The Balaban J connectivity index is 2.06. The Morgan fingerprint density at radius 1 is 1.00 bits per heavy atom. The van der Waals surface area contributed by atoms with Gasteiger partial charge in [-0.25, -0.2) is 9.79 Å². The molecule has 0 saturated carbocycles. The zero-order chi connectivity index (χ0) is 29.0. The Morgan fingerprint density at radius 3 is 2.30 bits per heavy atom. The van der Waals surface area contributed by atoms with Gasteiger partial charge in [-0.15, -0.1) is 0 Å². The molecule has 2 aromatic carbocycles. The van der Waals surface area contributed by atoms with Crippen molar-refractivity contribution in [3.05, 3.63) is 76.9 Å². The third-order valence-electron chi connectivity index (χ3n) is 6.40. The normalized spacial score (nSPS) is 14.9. The van der Waals surface area contributed by atoms with Crippen molar-refractivity contribution < 1.29 is 28.5 Å². The van der Waals surface area contributed by atoms with Gasteiger partial charge in [-0.2, -0.15) is 0 Å². The molecule has 1 aliphatic rings. The van der Waals surface area contributed by atoms with Gasteiger partial charge in [0.05, 0.1) is 50.8 Å². The van der Waals surface area contributed by atoms with Gasteiger partial charge in [0, 0.05) is 21.7 Å². The van der Waals surface area contributed by atoms with Crippen molar-refractivity contribution in [1.29, 1.82) is 0 Å². The lowest BCUT2D eigenvalue weighted by Gasteiger charge is -2.27. The Hall–Kier alpha value is -3.57. The minimum atomic E-state index is -0.807. The van der Waals surface area contributed by atoms with Gasteiger partial charge in [-0.1, -0.05) is 40.6 Å². The molecule has 0 aliphatic carbocycles. The number of fused-ring (bicyclic) bond motifs is 1. The van der Waals surface area contributed by atoms with Crippen molar-refractivity contribution in [3.8, 4) is 23.0 Å². The van der Waals surface area contributed by atoms with Crippen molar-refractivity contribution in [3.63, 3.8) is 0 Å². The molecular formula is C29H31BrN2O7S. The highest BCUT2D eigenvalue weighted by molar-refractivity contribution is 9.10. The van der Waals surface area contributed by atoms with E-state index in [0.29, 0.717) is 61.1 Å². The Bertz CT molecular complexity index is 1640. The maximum Gasteiger partial charge on any atom is 0.338 e. The van der Waals surface area contributed by atoms with Gasteiger partial charge >= 0.3 is 5.97 Å². The van der Waals surface area contributed by atoms with Crippen LogP contribution in [0, 0.1) is 0 Å². The SMILES string of the molecule is CCCC1=C(C(=O)OCC)[C@H](c2cc(Br)ccc2OC)n2c(s/c(=C/c3cc(OC)c(OC)cc3OC)c2=O)=N1. The lowest BCUT2D eigenvalue weighted by molar-refractivity contribution is -0.139.